The van der Waals surface area contributed by atoms with Gasteiger partial charge in [-0.2, -0.15) is 0 Å². The Bertz CT molecular complexity index is 837. The van der Waals surface area contributed by atoms with E-state index in [0.717, 1.165) is 36.5 Å². The van der Waals surface area contributed by atoms with Crippen molar-refractivity contribution in [3.63, 3.8) is 0 Å². The maximum Gasteiger partial charge on any atom is 0.341 e. The molecule has 27 heavy (non-hydrogen) atoms. The van der Waals surface area contributed by atoms with Crippen LogP contribution in [0, 0.1) is 5.41 Å². The van der Waals surface area contributed by atoms with E-state index in [1.165, 1.54) is 28.9 Å². The summed E-state index contributed by atoms with van der Waals surface area (Å²) >= 11 is 1.51. The summed E-state index contributed by atoms with van der Waals surface area (Å²) in [4.78, 5) is 27.5. The first-order valence-electron chi connectivity index (χ1n) is 9.21. The summed E-state index contributed by atoms with van der Waals surface area (Å²) in [6.07, 6.45) is 0.809. The largest absolute Gasteiger partial charge is 0.465 e. The highest BCUT2D eigenvalue weighted by molar-refractivity contribution is 7.17. The van der Waals surface area contributed by atoms with Gasteiger partial charge < -0.3 is 15.0 Å². The summed E-state index contributed by atoms with van der Waals surface area (Å²) in [6, 6.07) is 10.4. The number of carbonyl (C=O) groups is 2. The van der Waals surface area contributed by atoms with Crippen molar-refractivity contribution in [1.29, 1.82) is 0 Å². The molecule has 1 aliphatic heterocycles. The first-order valence-corrected chi connectivity index (χ1v) is 10.0. The second-order valence-electron chi connectivity index (χ2n) is 7.99. The Hall–Kier alpha value is -2.18. The fourth-order valence-electron chi connectivity index (χ4n) is 3.27. The van der Waals surface area contributed by atoms with Crippen LogP contribution in [0.4, 0.5) is 5.00 Å². The second kappa shape index (κ2) is 7.82. The van der Waals surface area contributed by atoms with Crippen LogP contribution < -0.4 is 10.2 Å². The molecule has 1 atom stereocenters. The number of anilines is 1. The second-order valence-corrected chi connectivity index (χ2v) is 9.10. The van der Waals surface area contributed by atoms with Gasteiger partial charge in [0.2, 0.25) is 5.91 Å². The zero-order valence-corrected chi connectivity index (χ0v) is 17.2. The van der Waals surface area contributed by atoms with Crippen LogP contribution in [0.1, 0.15) is 47.1 Å². The van der Waals surface area contributed by atoms with Crippen LogP contribution in [0.25, 0.3) is 0 Å². The molecule has 3 rings (SSSR count). The van der Waals surface area contributed by atoms with Crippen LogP contribution in [-0.2, 0) is 29.0 Å². The molecule has 1 unspecified atom stereocenters. The molecule has 6 heteroatoms. The lowest BCUT2D eigenvalue weighted by Crippen LogP contribution is -3.10. The number of esters is 1. The summed E-state index contributed by atoms with van der Waals surface area (Å²) in [5, 5.41) is 3.58. The van der Waals surface area contributed by atoms with Crippen molar-refractivity contribution < 1.29 is 19.2 Å². The molecule has 0 radical (unpaired) electrons. The molecule has 1 aromatic heterocycles. The number of fused-ring (bicyclic) bond motifs is 1. The smallest absolute Gasteiger partial charge is 0.341 e. The third kappa shape index (κ3) is 4.39. The molecule has 1 aliphatic rings. The highest BCUT2D eigenvalue weighted by Crippen LogP contribution is 2.36. The molecule has 0 fully saturated rings. The third-order valence-corrected chi connectivity index (χ3v) is 5.97. The molecular formula is C21H27N2O3S+. The number of carbonyl (C=O) groups excluding carboxylic acids is 2. The van der Waals surface area contributed by atoms with Gasteiger partial charge in [-0.3, -0.25) is 4.79 Å². The third-order valence-electron chi connectivity index (χ3n) is 4.82. The number of hydrogen-bond acceptors (Lipinski definition) is 4. The van der Waals surface area contributed by atoms with E-state index in [0.29, 0.717) is 10.6 Å². The summed E-state index contributed by atoms with van der Waals surface area (Å²) in [6.45, 7) is 8.34. The van der Waals surface area contributed by atoms with Crippen LogP contribution in [0.15, 0.2) is 30.3 Å². The summed E-state index contributed by atoms with van der Waals surface area (Å²) in [5.74, 6) is -0.469. The molecule has 1 aromatic carbocycles. The van der Waals surface area contributed by atoms with E-state index in [2.05, 4.69) is 29.6 Å². The van der Waals surface area contributed by atoms with Gasteiger partial charge in [0.05, 0.1) is 24.1 Å². The lowest BCUT2D eigenvalue weighted by atomic mass is 9.95. The Labute approximate surface area is 164 Å². The van der Waals surface area contributed by atoms with Gasteiger partial charge in [-0.25, -0.2) is 4.79 Å². The van der Waals surface area contributed by atoms with E-state index < -0.39 is 5.41 Å². The van der Waals surface area contributed by atoms with Crippen molar-refractivity contribution in [2.45, 2.75) is 40.3 Å². The minimum Gasteiger partial charge on any atom is -0.465 e. The van der Waals surface area contributed by atoms with E-state index in [9.17, 15) is 9.59 Å². The van der Waals surface area contributed by atoms with E-state index in [1.54, 1.807) is 0 Å². The van der Waals surface area contributed by atoms with Crippen LogP contribution in [0.2, 0.25) is 0 Å². The Kier molecular flexibility index (Phi) is 5.67. The number of quaternary nitrogens is 1. The van der Waals surface area contributed by atoms with Gasteiger partial charge in [-0.1, -0.05) is 51.1 Å². The Morgan fingerprint density at radius 3 is 2.56 bits per heavy atom. The molecule has 1 amide bonds. The number of nitrogens with one attached hydrogen (secondary N) is 2. The Balaban J connectivity index is 1.86. The predicted molar refractivity (Wildman–Crippen MR) is 107 cm³/mol. The minimum atomic E-state index is -0.525. The molecule has 0 saturated carbocycles. The van der Waals surface area contributed by atoms with E-state index in [4.69, 9.17) is 4.74 Å². The Morgan fingerprint density at radius 2 is 1.93 bits per heavy atom. The van der Waals surface area contributed by atoms with E-state index in [-0.39, 0.29) is 11.9 Å². The highest BCUT2D eigenvalue weighted by atomic mass is 32.1. The molecule has 144 valence electrons. The minimum absolute atomic E-state index is 0.0975. The first kappa shape index (κ1) is 19.6. The topological polar surface area (TPSA) is 59.8 Å². The van der Waals surface area contributed by atoms with Gasteiger partial charge in [0, 0.05) is 17.4 Å². The van der Waals surface area contributed by atoms with Crippen molar-refractivity contribution >= 4 is 28.2 Å². The first-order chi connectivity index (χ1) is 12.8. The molecule has 0 bridgehead atoms. The average Bonchev–Trinajstić information content (AvgIpc) is 2.98. The summed E-state index contributed by atoms with van der Waals surface area (Å²) < 4.78 is 5.00. The zero-order chi connectivity index (χ0) is 19.6. The van der Waals surface area contributed by atoms with Gasteiger partial charge in [-0.15, -0.1) is 11.3 Å². The summed E-state index contributed by atoms with van der Waals surface area (Å²) in [7, 11) is 1.39. The quantitative estimate of drug-likeness (QED) is 0.793. The highest BCUT2D eigenvalue weighted by Gasteiger charge is 2.32. The monoisotopic (exact) mass is 387 g/mol. The van der Waals surface area contributed by atoms with Gasteiger partial charge >= 0.3 is 5.97 Å². The summed E-state index contributed by atoms with van der Waals surface area (Å²) in [5.41, 5.74) is 2.35. The SMILES string of the molecule is COC(=O)c1c(NC(=O)C(C)(C)C)sc2c1CC[NH+](Cc1ccccc1)C2. The van der Waals surface area contributed by atoms with E-state index in [1.807, 2.05) is 26.8 Å². The molecule has 5 nitrogen and oxygen atoms in total. The van der Waals surface area contributed by atoms with Crippen LogP contribution >= 0.6 is 11.3 Å². The van der Waals surface area contributed by atoms with Gasteiger partial charge in [0.1, 0.15) is 18.1 Å². The van der Waals surface area contributed by atoms with Gasteiger partial charge in [0.15, 0.2) is 0 Å². The molecule has 0 spiro atoms. The molecule has 0 aliphatic carbocycles. The van der Waals surface area contributed by atoms with Crippen molar-refractivity contribution in [2.24, 2.45) is 5.41 Å². The standard InChI is InChI=1S/C21H26N2O3S/c1-21(2,3)20(25)22-18-17(19(24)26-4)15-10-11-23(13-16(15)27-18)12-14-8-6-5-7-9-14/h5-9H,10-13H2,1-4H3,(H,22,25)/p+1. The molecular weight excluding hydrogens is 360 g/mol. The number of hydrogen-bond donors (Lipinski definition) is 2. The lowest BCUT2D eigenvalue weighted by Gasteiger charge is -2.24. The van der Waals surface area contributed by atoms with Crippen molar-refractivity contribution in [2.75, 3.05) is 19.0 Å². The van der Waals surface area contributed by atoms with Gasteiger partial charge in [-0.05, 0) is 5.56 Å². The van der Waals surface area contributed by atoms with Crippen molar-refractivity contribution in [3.8, 4) is 0 Å². The number of amides is 1. The molecule has 2 N–H and O–H groups in total. The average molecular weight is 388 g/mol. The molecule has 0 saturated heterocycles. The number of ether oxygens (including phenoxy) is 1. The van der Waals surface area contributed by atoms with Crippen molar-refractivity contribution in [1.82, 2.24) is 0 Å². The fourth-order valence-corrected chi connectivity index (χ4v) is 4.57. The lowest BCUT2D eigenvalue weighted by molar-refractivity contribution is -0.929. The number of methoxy groups -OCH3 is 1. The van der Waals surface area contributed by atoms with Crippen molar-refractivity contribution in [3.05, 3.63) is 51.9 Å². The maximum absolute atomic E-state index is 12.5. The number of benzene rings is 1. The Morgan fingerprint density at radius 1 is 1.22 bits per heavy atom. The molecule has 2 aromatic rings. The van der Waals surface area contributed by atoms with Crippen LogP contribution in [0.3, 0.4) is 0 Å². The van der Waals surface area contributed by atoms with Crippen LogP contribution in [-0.4, -0.2) is 25.5 Å². The molecule has 2 heterocycles. The van der Waals surface area contributed by atoms with E-state index >= 15 is 0 Å². The maximum atomic E-state index is 12.5. The zero-order valence-electron chi connectivity index (χ0n) is 16.3. The van der Waals surface area contributed by atoms with Gasteiger partial charge in [0.25, 0.3) is 0 Å². The fraction of sp³-hybridized carbons (Fsp3) is 0.429. The normalized spacial score (nSPS) is 16.5. The van der Waals surface area contributed by atoms with Crippen LogP contribution in [0.5, 0.6) is 0 Å². The predicted octanol–water partition coefficient (Wildman–Crippen LogP) is 2.66. The number of rotatable bonds is 4. The number of thiophene rings is 1.